The van der Waals surface area contributed by atoms with Crippen LogP contribution in [0.5, 0.6) is 0 Å². The van der Waals surface area contributed by atoms with Crippen molar-refractivity contribution in [3.63, 3.8) is 0 Å². The summed E-state index contributed by atoms with van der Waals surface area (Å²) in [5.74, 6) is -0.418. The zero-order valence-corrected chi connectivity index (χ0v) is 20.9. The second-order valence-electron chi connectivity index (χ2n) is 7.42. The Morgan fingerprint density at radius 3 is 1.72 bits per heavy atom. The predicted octanol–water partition coefficient (Wildman–Crippen LogP) is -0.231. The Labute approximate surface area is 209 Å². The number of esters is 4. The molecule has 0 saturated carbocycles. The Hall–Kier alpha value is -2.76. The number of carbonyl (C=O) groups excluding carboxylic acids is 4. The van der Waals surface area contributed by atoms with Crippen LogP contribution in [0.3, 0.4) is 0 Å². The molecule has 1 fully saturated rings. The second-order valence-corrected chi connectivity index (χ2v) is 7.42. The van der Waals surface area contributed by atoms with Gasteiger partial charge in [0.1, 0.15) is 19.3 Å². The molecule has 0 N–H and O–H groups in total. The van der Waals surface area contributed by atoms with E-state index in [2.05, 4.69) is 5.92 Å². The third-order valence-corrected chi connectivity index (χ3v) is 4.39. The van der Waals surface area contributed by atoms with Gasteiger partial charge < -0.3 is 42.6 Å². The highest BCUT2D eigenvalue weighted by Gasteiger charge is 2.52. The summed E-state index contributed by atoms with van der Waals surface area (Å²) >= 11 is 0. The second kappa shape index (κ2) is 17.6. The van der Waals surface area contributed by atoms with E-state index in [9.17, 15) is 19.2 Å². The Balaban J connectivity index is 2.77. The Morgan fingerprint density at radius 1 is 0.694 bits per heavy atom. The molecule has 0 aromatic rings. The maximum absolute atomic E-state index is 11.8. The highest BCUT2D eigenvalue weighted by molar-refractivity contribution is 5.68. The first-order valence-electron chi connectivity index (χ1n) is 11.2. The Morgan fingerprint density at radius 2 is 1.19 bits per heavy atom. The number of terminal acetylenes is 1. The molecule has 0 amide bonds. The average molecular weight is 519 g/mol. The lowest BCUT2D eigenvalue weighted by atomic mass is 9.98. The van der Waals surface area contributed by atoms with Crippen molar-refractivity contribution in [2.75, 3.05) is 52.9 Å². The third-order valence-electron chi connectivity index (χ3n) is 4.39. The number of hydrogen-bond acceptors (Lipinski definition) is 13. The average Bonchev–Trinajstić information content (AvgIpc) is 2.78. The van der Waals surface area contributed by atoms with Crippen molar-refractivity contribution in [1.82, 2.24) is 0 Å². The van der Waals surface area contributed by atoms with Gasteiger partial charge in [-0.05, 0) is 0 Å². The summed E-state index contributed by atoms with van der Waals surface area (Å²) in [7, 11) is 0. The molecule has 0 radical (unpaired) electrons. The molecule has 5 atom stereocenters. The van der Waals surface area contributed by atoms with E-state index >= 15 is 0 Å². The van der Waals surface area contributed by atoms with Crippen LogP contribution in [0.1, 0.15) is 27.7 Å². The summed E-state index contributed by atoms with van der Waals surface area (Å²) in [5, 5.41) is 0. The van der Waals surface area contributed by atoms with Crippen molar-refractivity contribution in [1.29, 1.82) is 0 Å². The van der Waals surface area contributed by atoms with Crippen LogP contribution in [0.25, 0.3) is 0 Å². The first-order valence-corrected chi connectivity index (χ1v) is 11.2. The SMILES string of the molecule is C#CCOCCOCCOCCO[C@@H]1O[C@H](COC(C)=O)[C@H](OC(C)=O)[C@H](OC(C)=O)[C@H]1OC(C)=O. The van der Waals surface area contributed by atoms with E-state index in [-0.39, 0.29) is 33.0 Å². The van der Waals surface area contributed by atoms with E-state index in [0.29, 0.717) is 19.8 Å². The lowest BCUT2D eigenvalue weighted by Gasteiger charge is -2.44. The number of hydrogen-bond donors (Lipinski definition) is 0. The summed E-state index contributed by atoms with van der Waals surface area (Å²) in [5.41, 5.74) is 0. The first kappa shape index (κ1) is 31.3. The molecule has 1 saturated heterocycles. The minimum absolute atomic E-state index is 0.000971. The van der Waals surface area contributed by atoms with Crippen molar-refractivity contribution in [3.05, 3.63) is 0 Å². The molecular formula is C23H34O13. The summed E-state index contributed by atoms with van der Waals surface area (Å²) < 4.78 is 48.3. The highest BCUT2D eigenvalue weighted by atomic mass is 16.7. The molecule has 13 nitrogen and oxygen atoms in total. The van der Waals surface area contributed by atoms with Crippen molar-refractivity contribution in [3.8, 4) is 12.3 Å². The molecule has 0 aromatic carbocycles. The summed E-state index contributed by atoms with van der Waals surface area (Å²) in [6, 6.07) is 0. The van der Waals surface area contributed by atoms with Gasteiger partial charge in [-0.15, -0.1) is 6.42 Å². The molecule has 204 valence electrons. The van der Waals surface area contributed by atoms with E-state index in [4.69, 9.17) is 49.1 Å². The van der Waals surface area contributed by atoms with Crippen molar-refractivity contribution >= 4 is 23.9 Å². The van der Waals surface area contributed by atoms with E-state index < -0.39 is 54.6 Å². The van der Waals surface area contributed by atoms with Crippen LogP contribution in [-0.4, -0.2) is 107 Å². The lowest BCUT2D eigenvalue weighted by molar-refractivity contribution is -0.309. The van der Waals surface area contributed by atoms with Crippen LogP contribution < -0.4 is 0 Å². The van der Waals surface area contributed by atoms with Gasteiger partial charge in [0.15, 0.2) is 24.6 Å². The molecular weight excluding hydrogens is 484 g/mol. The standard InChI is InChI=1S/C23H34O13/c1-6-7-28-8-9-29-10-11-30-12-13-31-23-22(35-18(5)27)21(34-17(4)26)20(33-16(3)25)19(36-23)14-32-15(2)24/h1,19-23H,7-14H2,2-5H3/t19-,20+,21+,22-,23-/m1/s1. The van der Waals surface area contributed by atoms with Crippen LogP contribution in [0, 0.1) is 12.3 Å². The smallest absolute Gasteiger partial charge is 0.303 e. The topological polar surface area (TPSA) is 151 Å². The summed E-state index contributed by atoms with van der Waals surface area (Å²) in [4.78, 5) is 46.6. The van der Waals surface area contributed by atoms with Crippen LogP contribution in [-0.2, 0) is 61.8 Å². The summed E-state index contributed by atoms with van der Waals surface area (Å²) in [6.07, 6.45) is -1.08. The highest BCUT2D eigenvalue weighted by Crippen LogP contribution is 2.29. The zero-order valence-electron chi connectivity index (χ0n) is 20.9. The van der Waals surface area contributed by atoms with Crippen LogP contribution >= 0.6 is 0 Å². The largest absolute Gasteiger partial charge is 0.463 e. The maximum atomic E-state index is 11.8. The molecule has 13 heteroatoms. The van der Waals surface area contributed by atoms with Crippen LogP contribution in [0.4, 0.5) is 0 Å². The molecule has 0 spiro atoms. The van der Waals surface area contributed by atoms with E-state index in [0.717, 1.165) is 20.8 Å². The van der Waals surface area contributed by atoms with E-state index in [1.165, 1.54) is 6.92 Å². The van der Waals surface area contributed by atoms with Gasteiger partial charge >= 0.3 is 23.9 Å². The maximum Gasteiger partial charge on any atom is 0.303 e. The molecule has 36 heavy (non-hydrogen) atoms. The van der Waals surface area contributed by atoms with Gasteiger partial charge in [-0.1, -0.05) is 5.92 Å². The molecule has 1 rings (SSSR count). The predicted molar refractivity (Wildman–Crippen MR) is 119 cm³/mol. The van der Waals surface area contributed by atoms with Gasteiger partial charge in [0, 0.05) is 27.7 Å². The fourth-order valence-corrected chi connectivity index (χ4v) is 3.12. The van der Waals surface area contributed by atoms with Gasteiger partial charge in [-0.25, -0.2) is 0 Å². The summed E-state index contributed by atoms with van der Waals surface area (Å²) in [6.45, 7) is 5.96. The van der Waals surface area contributed by atoms with Gasteiger partial charge in [-0.3, -0.25) is 19.2 Å². The third kappa shape index (κ3) is 12.8. The Bertz CT molecular complexity index is 747. The molecule has 1 aliphatic heterocycles. The van der Waals surface area contributed by atoms with Crippen LogP contribution in [0.2, 0.25) is 0 Å². The number of ether oxygens (including phenoxy) is 9. The monoisotopic (exact) mass is 518 g/mol. The minimum Gasteiger partial charge on any atom is -0.463 e. The molecule has 0 aromatic heterocycles. The van der Waals surface area contributed by atoms with Gasteiger partial charge in [0.25, 0.3) is 0 Å². The molecule has 1 heterocycles. The number of carbonyl (C=O) groups is 4. The molecule has 0 bridgehead atoms. The Kier molecular flexibility index (Phi) is 15.3. The van der Waals surface area contributed by atoms with Crippen molar-refractivity contribution in [2.45, 2.75) is 58.4 Å². The fourth-order valence-electron chi connectivity index (χ4n) is 3.12. The van der Waals surface area contributed by atoms with Crippen molar-refractivity contribution in [2.24, 2.45) is 0 Å². The molecule has 0 unspecified atom stereocenters. The van der Waals surface area contributed by atoms with Crippen molar-refractivity contribution < 1.29 is 61.8 Å². The number of rotatable bonds is 16. The van der Waals surface area contributed by atoms with Gasteiger partial charge in [0.2, 0.25) is 0 Å². The molecule has 1 aliphatic rings. The lowest BCUT2D eigenvalue weighted by Crippen LogP contribution is -2.63. The fraction of sp³-hybridized carbons (Fsp3) is 0.739. The normalized spacial score (nSPS) is 23.2. The first-order chi connectivity index (χ1) is 17.1. The minimum atomic E-state index is -1.29. The zero-order chi connectivity index (χ0) is 26.9. The van der Waals surface area contributed by atoms with E-state index in [1.807, 2.05) is 0 Å². The van der Waals surface area contributed by atoms with E-state index in [1.54, 1.807) is 0 Å². The van der Waals surface area contributed by atoms with Gasteiger partial charge in [-0.2, -0.15) is 0 Å². The quantitative estimate of drug-likeness (QED) is 0.115. The van der Waals surface area contributed by atoms with Gasteiger partial charge in [0.05, 0.1) is 39.6 Å². The molecule has 0 aliphatic carbocycles. The van der Waals surface area contributed by atoms with Crippen LogP contribution in [0.15, 0.2) is 0 Å².